The molecular weight excluding hydrogens is 204 g/mol. The molecule has 0 radical (unpaired) electrons. The number of hydrogen-bond acceptors (Lipinski definition) is 3. The van der Waals surface area contributed by atoms with E-state index >= 15 is 0 Å². The maximum atomic E-state index is 6.05. The van der Waals surface area contributed by atoms with Crippen molar-refractivity contribution in [2.75, 3.05) is 12.3 Å². The number of benzene rings is 1. The summed E-state index contributed by atoms with van der Waals surface area (Å²) in [6.07, 6.45) is 3.35. The Labute approximate surface area is 95.4 Å². The van der Waals surface area contributed by atoms with Crippen molar-refractivity contribution >= 4 is 11.8 Å². The van der Waals surface area contributed by atoms with Gasteiger partial charge < -0.3 is 11.5 Å². The molecule has 1 heterocycles. The van der Waals surface area contributed by atoms with E-state index in [2.05, 4.69) is 18.2 Å². The van der Waals surface area contributed by atoms with Crippen LogP contribution in [0.1, 0.15) is 30.0 Å². The van der Waals surface area contributed by atoms with E-state index in [-0.39, 0.29) is 6.04 Å². The molecule has 2 rings (SSSR count). The number of aryl methyl sites for hydroxylation is 1. The predicted molar refractivity (Wildman–Crippen MR) is 66.1 cm³/mol. The molecule has 1 aliphatic heterocycles. The van der Waals surface area contributed by atoms with Crippen LogP contribution in [0, 0.1) is 0 Å². The molecule has 1 aromatic rings. The molecule has 1 atom stereocenters. The van der Waals surface area contributed by atoms with Crippen LogP contribution >= 0.6 is 11.8 Å². The van der Waals surface area contributed by atoms with Crippen molar-refractivity contribution in [3.63, 3.8) is 0 Å². The molecule has 0 aliphatic carbocycles. The highest BCUT2D eigenvalue weighted by atomic mass is 32.2. The highest BCUT2D eigenvalue weighted by molar-refractivity contribution is 7.99. The average molecular weight is 222 g/mol. The van der Waals surface area contributed by atoms with Gasteiger partial charge in [-0.15, -0.1) is 11.8 Å². The lowest BCUT2D eigenvalue weighted by Crippen LogP contribution is -2.15. The highest BCUT2D eigenvalue weighted by Crippen LogP contribution is 2.31. The molecular formula is C12H18N2S. The third-order valence-electron chi connectivity index (χ3n) is 2.84. The number of fused-ring (bicyclic) bond motifs is 1. The van der Waals surface area contributed by atoms with Crippen molar-refractivity contribution in [3.05, 3.63) is 29.3 Å². The fraction of sp³-hybridized carbons (Fsp3) is 0.500. The Hall–Kier alpha value is -0.510. The van der Waals surface area contributed by atoms with Crippen LogP contribution in [0.3, 0.4) is 0 Å². The first kappa shape index (κ1) is 11.0. The zero-order valence-electron chi connectivity index (χ0n) is 8.91. The molecule has 82 valence electrons. The maximum absolute atomic E-state index is 6.05. The number of nitrogens with two attached hydrogens (primary N) is 2. The summed E-state index contributed by atoms with van der Waals surface area (Å²) < 4.78 is 0. The first-order valence-corrected chi connectivity index (χ1v) is 6.51. The van der Waals surface area contributed by atoms with Gasteiger partial charge >= 0.3 is 0 Å². The second kappa shape index (κ2) is 5.01. The Morgan fingerprint density at radius 2 is 2.27 bits per heavy atom. The lowest BCUT2D eigenvalue weighted by atomic mass is 10.00. The maximum Gasteiger partial charge on any atom is 0.0307 e. The lowest BCUT2D eigenvalue weighted by Gasteiger charge is -2.18. The van der Waals surface area contributed by atoms with Crippen LogP contribution in [0.4, 0.5) is 0 Å². The third kappa shape index (κ3) is 2.54. The molecule has 1 aliphatic rings. The summed E-state index contributed by atoms with van der Waals surface area (Å²) in [4.78, 5) is 1.44. The first-order chi connectivity index (χ1) is 7.31. The van der Waals surface area contributed by atoms with Crippen molar-refractivity contribution in [1.29, 1.82) is 0 Å². The summed E-state index contributed by atoms with van der Waals surface area (Å²) in [5.74, 6) is 1.25. The van der Waals surface area contributed by atoms with Crippen LogP contribution in [0.2, 0.25) is 0 Å². The van der Waals surface area contributed by atoms with E-state index < -0.39 is 0 Å². The van der Waals surface area contributed by atoms with Crippen LogP contribution in [-0.2, 0) is 6.42 Å². The summed E-state index contributed by atoms with van der Waals surface area (Å²) >= 11 is 1.96. The molecule has 0 fully saturated rings. The lowest BCUT2D eigenvalue weighted by molar-refractivity contribution is 0.659. The van der Waals surface area contributed by atoms with Gasteiger partial charge in [0.1, 0.15) is 0 Å². The van der Waals surface area contributed by atoms with Crippen LogP contribution in [-0.4, -0.2) is 12.3 Å². The Bertz CT molecular complexity index is 338. The highest BCUT2D eigenvalue weighted by Gasteiger charge is 2.12. The van der Waals surface area contributed by atoms with E-state index in [0.29, 0.717) is 6.54 Å². The summed E-state index contributed by atoms with van der Waals surface area (Å²) in [6, 6.07) is 6.73. The first-order valence-electron chi connectivity index (χ1n) is 5.52. The van der Waals surface area contributed by atoms with E-state index in [1.807, 2.05) is 11.8 Å². The van der Waals surface area contributed by atoms with Gasteiger partial charge in [-0.3, -0.25) is 0 Å². The summed E-state index contributed by atoms with van der Waals surface area (Å²) in [5, 5.41) is 0. The molecule has 0 saturated carbocycles. The molecule has 0 amide bonds. The van der Waals surface area contributed by atoms with E-state index in [1.165, 1.54) is 34.6 Å². The van der Waals surface area contributed by atoms with Crippen LogP contribution in [0.5, 0.6) is 0 Å². The summed E-state index contributed by atoms with van der Waals surface area (Å²) in [6.45, 7) is 0.660. The van der Waals surface area contributed by atoms with Gasteiger partial charge in [-0.05, 0) is 48.8 Å². The van der Waals surface area contributed by atoms with Gasteiger partial charge in [-0.2, -0.15) is 0 Å². The van der Waals surface area contributed by atoms with Gasteiger partial charge in [-0.25, -0.2) is 0 Å². The van der Waals surface area contributed by atoms with Crippen LogP contribution in [0.25, 0.3) is 0 Å². The standard InChI is InChI=1S/C12H18N2S/c13-6-5-11(14)9-3-4-12-10(8-9)2-1-7-15-12/h3-4,8,11H,1-2,5-7,13-14H2. The van der Waals surface area contributed by atoms with E-state index in [0.717, 1.165) is 6.42 Å². The summed E-state index contributed by atoms with van der Waals surface area (Å²) in [5.41, 5.74) is 14.3. The Morgan fingerprint density at radius 3 is 3.07 bits per heavy atom. The van der Waals surface area contributed by atoms with Gasteiger partial charge in [0.25, 0.3) is 0 Å². The SMILES string of the molecule is NCCC(N)c1ccc2c(c1)CCCS2. The number of hydrogen-bond donors (Lipinski definition) is 2. The summed E-state index contributed by atoms with van der Waals surface area (Å²) in [7, 11) is 0. The minimum atomic E-state index is 0.104. The molecule has 0 saturated heterocycles. The minimum absolute atomic E-state index is 0.104. The topological polar surface area (TPSA) is 52.0 Å². The van der Waals surface area contributed by atoms with Crippen molar-refractivity contribution in [3.8, 4) is 0 Å². The molecule has 1 unspecified atom stereocenters. The van der Waals surface area contributed by atoms with Crippen molar-refractivity contribution in [2.45, 2.75) is 30.2 Å². The van der Waals surface area contributed by atoms with Crippen molar-refractivity contribution in [1.82, 2.24) is 0 Å². The van der Waals surface area contributed by atoms with Gasteiger partial charge in [0.05, 0.1) is 0 Å². The normalized spacial score (nSPS) is 17.2. The molecule has 15 heavy (non-hydrogen) atoms. The van der Waals surface area contributed by atoms with Crippen molar-refractivity contribution < 1.29 is 0 Å². The fourth-order valence-electron chi connectivity index (χ4n) is 1.96. The molecule has 0 bridgehead atoms. The third-order valence-corrected chi connectivity index (χ3v) is 4.04. The number of rotatable bonds is 3. The largest absolute Gasteiger partial charge is 0.330 e. The van der Waals surface area contributed by atoms with E-state index in [4.69, 9.17) is 11.5 Å². The monoisotopic (exact) mass is 222 g/mol. The minimum Gasteiger partial charge on any atom is -0.330 e. The van der Waals surface area contributed by atoms with Crippen LogP contribution in [0.15, 0.2) is 23.1 Å². The number of thioether (sulfide) groups is 1. The zero-order valence-corrected chi connectivity index (χ0v) is 9.72. The molecule has 2 nitrogen and oxygen atoms in total. The zero-order chi connectivity index (χ0) is 10.7. The molecule has 1 aromatic carbocycles. The quantitative estimate of drug-likeness (QED) is 0.823. The molecule has 0 spiro atoms. The predicted octanol–water partition coefficient (Wildman–Crippen LogP) is 2.07. The van der Waals surface area contributed by atoms with Gasteiger partial charge in [0, 0.05) is 10.9 Å². The van der Waals surface area contributed by atoms with E-state index in [9.17, 15) is 0 Å². The van der Waals surface area contributed by atoms with Gasteiger partial charge in [-0.1, -0.05) is 12.1 Å². The Morgan fingerprint density at radius 1 is 1.40 bits per heavy atom. The molecule has 4 N–H and O–H groups in total. The van der Waals surface area contributed by atoms with Crippen molar-refractivity contribution in [2.24, 2.45) is 11.5 Å². The fourth-order valence-corrected chi connectivity index (χ4v) is 2.98. The van der Waals surface area contributed by atoms with Gasteiger partial charge in [0.2, 0.25) is 0 Å². The second-order valence-electron chi connectivity index (χ2n) is 4.00. The Balaban J connectivity index is 2.20. The smallest absolute Gasteiger partial charge is 0.0307 e. The molecule has 3 heteroatoms. The molecule has 0 aromatic heterocycles. The van der Waals surface area contributed by atoms with Gasteiger partial charge in [0.15, 0.2) is 0 Å². The van der Waals surface area contributed by atoms with Crippen LogP contribution < -0.4 is 11.5 Å². The Kier molecular flexibility index (Phi) is 3.67. The second-order valence-corrected chi connectivity index (χ2v) is 5.14. The average Bonchev–Trinajstić information content (AvgIpc) is 2.29. The van der Waals surface area contributed by atoms with E-state index in [1.54, 1.807) is 0 Å².